The van der Waals surface area contributed by atoms with Crippen LogP contribution in [0.15, 0.2) is 18.2 Å². The Balaban J connectivity index is 2.17. The topological polar surface area (TPSA) is 20.2 Å². The van der Waals surface area contributed by atoms with Crippen LogP contribution in [0.3, 0.4) is 0 Å². The number of unbranched alkanes of at least 4 members (excludes halogenated alkanes) is 6. The Labute approximate surface area is 127 Å². The summed E-state index contributed by atoms with van der Waals surface area (Å²) in [5.41, 5.74) is 0.507. The normalized spacial score (nSPS) is 12.6. The molecule has 0 aliphatic carbocycles. The lowest BCUT2D eigenvalue weighted by Crippen LogP contribution is -2.11. The van der Waals surface area contributed by atoms with Crippen molar-refractivity contribution in [1.82, 2.24) is 0 Å². The third-order valence-electron chi connectivity index (χ3n) is 3.60. The summed E-state index contributed by atoms with van der Waals surface area (Å²) in [4.78, 5) is 0. The fraction of sp³-hybridized carbons (Fsp3) is 0.647. The van der Waals surface area contributed by atoms with E-state index in [0.29, 0.717) is 17.0 Å². The predicted molar refractivity (Wildman–Crippen MR) is 83.7 cm³/mol. The SMILES string of the molecule is CCCCCCCCCC(O)Cc1cc(Cl)ccc1F. The van der Waals surface area contributed by atoms with Gasteiger partial charge in [0.05, 0.1) is 6.10 Å². The van der Waals surface area contributed by atoms with Crippen LogP contribution in [0.25, 0.3) is 0 Å². The van der Waals surface area contributed by atoms with Gasteiger partial charge in [-0.25, -0.2) is 4.39 Å². The Bertz CT molecular complexity index is 381. The molecular formula is C17H26ClFO. The molecule has 0 saturated heterocycles. The van der Waals surface area contributed by atoms with Gasteiger partial charge in [-0.2, -0.15) is 0 Å². The van der Waals surface area contributed by atoms with Crippen molar-refractivity contribution in [3.05, 3.63) is 34.6 Å². The van der Waals surface area contributed by atoms with Crippen molar-refractivity contribution < 1.29 is 9.50 Å². The first kappa shape index (κ1) is 17.5. The summed E-state index contributed by atoms with van der Waals surface area (Å²) in [6, 6.07) is 4.49. The van der Waals surface area contributed by atoms with Crippen LogP contribution in [0, 0.1) is 5.82 Å². The summed E-state index contributed by atoms with van der Waals surface area (Å²) in [5.74, 6) is -0.284. The third kappa shape index (κ3) is 7.25. The van der Waals surface area contributed by atoms with Gasteiger partial charge < -0.3 is 5.11 Å². The Morgan fingerprint density at radius 3 is 2.45 bits per heavy atom. The van der Waals surface area contributed by atoms with E-state index < -0.39 is 6.10 Å². The highest BCUT2D eigenvalue weighted by molar-refractivity contribution is 6.30. The van der Waals surface area contributed by atoms with Crippen molar-refractivity contribution in [2.45, 2.75) is 70.8 Å². The minimum atomic E-state index is -0.474. The summed E-state index contributed by atoms with van der Waals surface area (Å²) in [6.07, 6.45) is 9.19. The van der Waals surface area contributed by atoms with E-state index in [9.17, 15) is 9.50 Å². The van der Waals surface area contributed by atoms with Crippen LogP contribution in [0.1, 0.15) is 63.9 Å². The second-order valence-electron chi connectivity index (χ2n) is 5.50. The second kappa shape index (κ2) is 10.2. The largest absolute Gasteiger partial charge is 0.393 e. The fourth-order valence-electron chi connectivity index (χ4n) is 2.39. The van der Waals surface area contributed by atoms with Gasteiger partial charge in [0.15, 0.2) is 0 Å². The van der Waals surface area contributed by atoms with Crippen LogP contribution in [0.5, 0.6) is 0 Å². The van der Waals surface area contributed by atoms with Crippen molar-refractivity contribution in [1.29, 1.82) is 0 Å². The number of aliphatic hydroxyl groups is 1. The minimum Gasteiger partial charge on any atom is -0.393 e. The van der Waals surface area contributed by atoms with E-state index in [1.54, 1.807) is 6.07 Å². The first-order valence-electron chi connectivity index (χ1n) is 7.75. The van der Waals surface area contributed by atoms with E-state index in [1.807, 2.05) is 0 Å². The van der Waals surface area contributed by atoms with Crippen molar-refractivity contribution in [2.24, 2.45) is 0 Å². The van der Waals surface area contributed by atoms with Gasteiger partial charge in [-0.15, -0.1) is 0 Å². The van der Waals surface area contributed by atoms with Gasteiger partial charge in [-0.1, -0.05) is 63.5 Å². The Hall–Kier alpha value is -0.600. The van der Waals surface area contributed by atoms with Crippen molar-refractivity contribution in [3.63, 3.8) is 0 Å². The molecule has 0 saturated carbocycles. The molecule has 1 unspecified atom stereocenters. The smallest absolute Gasteiger partial charge is 0.126 e. The molecule has 0 heterocycles. The summed E-state index contributed by atoms with van der Waals surface area (Å²) >= 11 is 5.84. The zero-order chi connectivity index (χ0) is 14.8. The maximum absolute atomic E-state index is 13.5. The standard InChI is InChI=1S/C17H26ClFO/c1-2-3-4-5-6-7-8-9-16(20)13-14-12-15(18)10-11-17(14)19/h10-12,16,20H,2-9,13H2,1H3. The van der Waals surface area contributed by atoms with E-state index in [-0.39, 0.29) is 5.82 Å². The maximum atomic E-state index is 13.5. The number of halogens is 2. The summed E-state index contributed by atoms with van der Waals surface area (Å²) in [5, 5.41) is 10.5. The Morgan fingerprint density at radius 1 is 1.10 bits per heavy atom. The lowest BCUT2D eigenvalue weighted by Gasteiger charge is -2.11. The first-order valence-corrected chi connectivity index (χ1v) is 8.13. The van der Waals surface area contributed by atoms with Crippen LogP contribution < -0.4 is 0 Å². The molecule has 114 valence electrons. The highest BCUT2D eigenvalue weighted by Gasteiger charge is 2.10. The van der Waals surface area contributed by atoms with Gasteiger partial charge in [0, 0.05) is 11.4 Å². The van der Waals surface area contributed by atoms with E-state index in [4.69, 9.17) is 11.6 Å². The van der Waals surface area contributed by atoms with Crippen LogP contribution in [-0.4, -0.2) is 11.2 Å². The van der Waals surface area contributed by atoms with Gasteiger partial charge >= 0.3 is 0 Å². The van der Waals surface area contributed by atoms with Crippen molar-refractivity contribution in [3.8, 4) is 0 Å². The van der Waals surface area contributed by atoms with E-state index in [1.165, 1.54) is 44.2 Å². The molecule has 0 spiro atoms. The Kier molecular flexibility index (Phi) is 8.88. The molecule has 0 amide bonds. The Morgan fingerprint density at radius 2 is 1.75 bits per heavy atom. The molecule has 1 N–H and O–H groups in total. The van der Waals surface area contributed by atoms with Gasteiger partial charge in [-0.3, -0.25) is 0 Å². The number of aliphatic hydroxyl groups excluding tert-OH is 1. The molecule has 1 aromatic rings. The monoisotopic (exact) mass is 300 g/mol. The quantitative estimate of drug-likeness (QED) is 0.564. The molecule has 0 bridgehead atoms. The molecule has 0 aliphatic heterocycles. The first-order chi connectivity index (χ1) is 9.63. The van der Waals surface area contributed by atoms with Crippen LogP contribution in [0.4, 0.5) is 4.39 Å². The lowest BCUT2D eigenvalue weighted by molar-refractivity contribution is 0.159. The van der Waals surface area contributed by atoms with Gasteiger partial charge in [0.1, 0.15) is 5.82 Å². The van der Waals surface area contributed by atoms with E-state index in [2.05, 4.69) is 6.92 Å². The third-order valence-corrected chi connectivity index (χ3v) is 3.84. The highest BCUT2D eigenvalue weighted by Crippen LogP contribution is 2.18. The zero-order valence-corrected chi connectivity index (χ0v) is 13.1. The summed E-state index contributed by atoms with van der Waals surface area (Å²) in [7, 11) is 0. The highest BCUT2D eigenvalue weighted by atomic mass is 35.5. The molecule has 0 aliphatic rings. The molecule has 1 atom stereocenters. The summed E-state index contributed by atoms with van der Waals surface area (Å²) < 4.78 is 13.5. The van der Waals surface area contributed by atoms with Gasteiger partial charge in [0.2, 0.25) is 0 Å². The molecule has 0 fully saturated rings. The van der Waals surface area contributed by atoms with Crippen LogP contribution >= 0.6 is 11.6 Å². The average molecular weight is 301 g/mol. The molecule has 1 rings (SSSR count). The van der Waals surface area contributed by atoms with Crippen LogP contribution in [0.2, 0.25) is 5.02 Å². The van der Waals surface area contributed by atoms with Crippen molar-refractivity contribution in [2.75, 3.05) is 0 Å². The molecule has 0 aromatic heterocycles. The number of benzene rings is 1. The molecular weight excluding hydrogens is 275 g/mol. The molecule has 1 nitrogen and oxygen atoms in total. The number of rotatable bonds is 10. The van der Waals surface area contributed by atoms with Crippen LogP contribution in [-0.2, 0) is 6.42 Å². The predicted octanol–water partition coefficient (Wildman–Crippen LogP) is 5.52. The molecule has 3 heteroatoms. The van der Waals surface area contributed by atoms with Gasteiger partial charge in [0.25, 0.3) is 0 Å². The molecule has 20 heavy (non-hydrogen) atoms. The average Bonchev–Trinajstić information content (AvgIpc) is 2.42. The molecule has 0 radical (unpaired) electrons. The zero-order valence-electron chi connectivity index (χ0n) is 12.4. The van der Waals surface area contributed by atoms with E-state index >= 15 is 0 Å². The lowest BCUT2D eigenvalue weighted by atomic mass is 10.0. The maximum Gasteiger partial charge on any atom is 0.126 e. The van der Waals surface area contributed by atoms with E-state index in [0.717, 1.165) is 19.3 Å². The van der Waals surface area contributed by atoms with Crippen molar-refractivity contribution >= 4 is 11.6 Å². The summed E-state index contributed by atoms with van der Waals surface area (Å²) in [6.45, 7) is 2.21. The number of hydrogen-bond acceptors (Lipinski definition) is 1. The molecule has 1 aromatic carbocycles. The fourth-order valence-corrected chi connectivity index (χ4v) is 2.59. The number of hydrogen-bond donors (Lipinski definition) is 1. The minimum absolute atomic E-state index is 0.284. The second-order valence-corrected chi connectivity index (χ2v) is 5.94. The van der Waals surface area contributed by atoms with Gasteiger partial charge in [-0.05, 0) is 30.2 Å².